The van der Waals surface area contributed by atoms with Crippen LogP contribution in [0.5, 0.6) is 5.75 Å². The number of nitrogens with zero attached hydrogens (tertiary/aromatic N) is 3. The lowest BCUT2D eigenvalue weighted by molar-refractivity contribution is -0.140. The number of benzene rings is 1. The van der Waals surface area contributed by atoms with Crippen molar-refractivity contribution in [1.29, 1.82) is 0 Å². The van der Waals surface area contributed by atoms with Gasteiger partial charge >= 0.3 is 12.4 Å². The molecule has 1 saturated heterocycles. The molecule has 3 rings (SSSR count). The molecule has 174 valence electrons. The summed E-state index contributed by atoms with van der Waals surface area (Å²) in [4.78, 5) is 26.3. The Morgan fingerprint density at radius 2 is 1.94 bits per heavy atom. The number of hydrogen-bond acceptors (Lipinski definition) is 4. The highest BCUT2D eigenvalue weighted by Gasteiger charge is 2.38. The summed E-state index contributed by atoms with van der Waals surface area (Å²) in [6, 6.07) is 3.11. The first-order valence-electron chi connectivity index (χ1n) is 9.37. The maximum absolute atomic E-state index is 13.0. The third-order valence-corrected chi connectivity index (χ3v) is 4.82. The Morgan fingerprint density at radius 1 is 1.22 bits per heavy atom. The fourth-order valence-corrected chi connectivity index (χ4v) is 3.34. The molecule has 2 aromatic rings. The second-order valence-corrected chi connectivity index (χ2v) is 7.03. The van der Waals surface area contributed by atoms with Crippen LogP contribution in [0.25, 0.3) is 5.69 Å². The fourth-order valence-electron chi connectivity index (χ4n) is 3.34. The van der Waals surface area contributed by atoms with Crippen molar-refractivity contribution in [2.45, 2.75) is 31.2 Å². The van der Waals surface area contributed by atoms with Crippen molar-refractivity contribution in [3.63, 3.8) is 0 Å². The predicted octanol–water partition coefficient (Wildman–Crippen LogP) is 3.18. The van der Waals surface area contributed by atoms with Crippen LogP contribution >= 0.6 is 0 Å². The lowest BCUT2D eigenvalue weighted by Gasteiger charge is -2.23. The van der Waals surface area contributed by atoms with E-state index in [9.17, 15) is 35.9 Å². The molecule has 0 bridgehead atoms. The maximum Gasteiger partial charge on any atom is 0.416 e. The van der Waals surface area contributed by atoms with Gasteiger partial charge in [-0.05, 0) is 31.0 Å². The molecule has 2 heterocycles. The smallest absolute Gasteiger partial charge is 0.416 e. The highest BCUT2D eigenvalue weighted by atomic mass is 19.4. The van der Waals surface area contributed by atoms with E-state index in [1.807, 2.05) is 0 Å². The molecule has 13 heteroatoms. The molecule has 2 amide bonds. The van der Waals surface area contributed by atoms with Crippen molar-refractivity contribution < 1.29 is 40.7 Å². The van der Waals surface area contributed by atoms with Gasteiger partial charge in [0.25, 0.3) is 5.91 Å². The van der Waals surface area contributed by atoms with E-state index >= 15 is 0 Å². The van der Waals surface area contributed by atoms with E-state index in [0.29, 0.717) is 6.42 Å². The predicted molar refractivity (Wildman–Crippen MR) is 98.2 cm³/mol. The van der Waals surface area contributed by atoms with Crippen LogP contribution in [0, 0.1) is 0 Å². The quantitative estimate of drug-likeness (QED) is 0.690. The molecule has 1 aromatic heterocycles. The zero-order chi connectivity index (χ0) is 23.7. The second-order valence-electron chi connectivity index (χ2n) is 7.03. The summed E-state index contributed by atoms with van der Waals surface area (Å²) in [6.45, 7) is -1.43. The average molecular weight is 464 g/mol. The third kappa shape index (κ3) is 5.14. The van der Waals surface area contributed by atoms with Crippen molar-refractivity contribution in [3.05, 3.63) is 41.7 Å². The Kier molecular flexibility index (Phi) is 6.37. The number of nitrogens with one attached hydrogen (secondary N) is 1. The monoisotopic (exact) mass is 464 g/mol. The minimum absolute atomic E-state index is 0.0121. The van der Waals surface area contributed by atoms with Crippen molar-refractivity contribution in [3.8, 4) is 11.4 Å². The van der Waals surface area contributed by atoms with Crippen LogP contribution in [0.4, 0.5) is 26.3 Å². The van der Waals surface area contributed by atoms with Gasteiger partial charge in [-0.15, -0.1) is 0 Å². The van der Waals surface area contributed by atoms with Crippen LogP contribution in [-0.2, 0) is 11.0 Å². The fraction of sp³-hybridized carbons (Fsp3) is 0.421. The number of hydrogen-bond donors (Lipinski definition) is 1. The zero-order valence-electron chi connectivity index (χ0n) is 16.6. The standard InChI is InChI=1S/C19H18F6N4O3/c1-32-14-9-29(12-5-2-4-11(8-12)19(23,24)25)27-15(14)17(31)28-7-3-6-13(28)16(30)26-10-18(20,21)22/h2,4-5,8-9,13H,3,6-7,10H2,1H3,(H,26,30). The Labute approximate surface area is 177 Å². The summed E-state index contributed by atoms with van der Waals surface area (Å²) >= 11 is 0. The molecule has 0 spiro atoms. The number of rotatable bonds is 5. The number of carbonyl (C=O) groups excluding carboxylic acids is 2. The number of ether oxygens (including phenoxy) is 1. The largest absolute Gasteiger partial charge is 0.493 e. The molecule has 0 aliphatic carbocycles. The zero-order valence-corrected chi connectivity index (χ0v) is 16.6. The first-order chi connectivity index (χ1) is 14.9. The van der Waals surface area contributed by atoms with E-state index in [4.69, 9.17) is 4.74 Å². The van der Waals surface area contributed by atoms with E-state index in [1.54, 1.807) is 5.32 Å². The maximum atomic E-state index is 13.0. The average Bonchev–Trinajstić information content (AvgIpc) is 3.37. The number of amides is 2. The summed E-state index contributed by atoms with van der Waals surface area (Å²) in [6.07, 6.45) is -7.44. The van der Waals surface area contributed by atoms with Crippen LogP contribution in [0.2, 0.25) is 0 Å². The molecule has 1 atom stereocenters. The van der Waals surface area contributed by atoms with Gasteiger partial charge < -0.3 is 15.0 Å². The van der Waals surface area contributed by atoms with Crippen molar-refractivity contribution in [2.75, 3.05) is 20.2 Å². The summed E-state index contributed by atoms with van der Waals surface area (Å²) in [5.41, 5.74) is -1.18. The van der Waals surface area contributed by atoms with Gasteiger partial charge in [-0.3, -0.25) is 9.59 Å². The Bertz CT molecular complexity index is 1000. The lowest BCUT2D eigenvalue weighted by Crippen LogP contribution is -2.48. The van der Waals surface area contributed by atoms with E-state index in [1.165, 1.54) is 25.4 Å². The Morgan fingerprint density at radius 3 is 2.56 bits per heavy atom. The minimum atomic E-state index is -4.60. The molecular formula is C19H18F6N4O3. The topological polar surface area (TPSA) is 76.5 Å². The van der Waals surface area contributed by atoms with Crippen molar-refractivity contribution in [1.82, 2.24) is 20.0 Å². The molecule has 7 nitrogen and oxygen atoms in total. The van der Waals surface area contributed by atoms with E-state index < -0.39 is 42.3 Å². The number of aromatic nitrogens is 2. The number of methoxy groups -OCH3 is 1. The van der Waals surface area contributed by atoms with Crippen LogP contribution < -0.4 is 10.1 Å². The summed E-state index contributed by atoms with van der Waals surface area (Å²) < 4.78 is 82.3. The SMILES string of the molecule is COc1cn(-c2cccc(C(F)(F)F)c2)nc1C(=O)N1CCCC1C(=O)NCC(F)(F)F. The Balaban J connectivity index is 1.86. The Hall–Kier alpha value is -3.25. The molecule has 1 aromatic carbocycles. The highest BCUT2D eigenvalue weighted by molar-refractivity contribution is 5.98. The normalized spacial score (nSPS) is 16.8. The molecule has 1 N–H and O–H groups in total. The summed E-state index contributed by atoms with van der Waals surface area (Å²) in [5.74, 6) is -1.80. The molecule has 1 unspecified atom stereocenters. The van der Waals surface area contributed by atoms with Gasteiger partial charge in [0, 0.05) is 6.54 Å². The lowest BCUT2D eigenvalue weighted by atomic mass is 10.2. The molecule has 0 saturated carbocycles. The van der Waals surface area contributed by atoms with Crippen LogP contribution in [-0.4, -0.2) is 58.9 Å². The molecule has 1 aliphatic heterocycles. The first kappa shape index (κ1) is 23.4. The number of carbonyl (C=O) groups is 2. The number of alkyl halides is 6. The van der Waals surface area contributed by atoms with Gasteiger partial charge in [0.05, 0.1) is 24.6 Å². The van der Waals surface area contributed by atoms with E-state index in [2.05, 4.69) is 5.10 Å². The molecular weight excluding hydrogens is 446 g/mol. The summed E-state index contributed by atoms with van der Waals surface area (Å²) in [7, 11) is 1.22. The van der Waals surface area contributed by atoms with Gasteiger partial charge in [0.1, 0.15) is 12.6 Å². The van der Waals surface area contributed by atoms with Gasteiger partial charge in [-0.25, -0.2) is 4.68 Å². The number of halogens is 6. The van der Waals surface area contributed by atoms with Crippen molar-refractivity contribution in [2.24, 2.45) is 0 Å². The summed E-state index contributed by atoms with van der Waals surface area (Å²) in [5, 5.41) is 5.78. The van der Waals surface area contributed by atoms with E-state index in [-0.39, 0.29) is 30.1 Å². The highest BCUT2D eigenvalue weighted by Crippen LogP contribution is 2.31. The van der Waals surface area contributed by atoms with Gasteiger partial charge in [-0.1, -0.05) is 6.07 Å². The first-order valence-corrected chi connectivity index (χ1v) is 9.37. The molecule has 32 heavy (non-hydrogen) atoms. The van der Waals surface area contributed by atoms with Gasteiger partial charge in [0.2, 0.25) is 5.91 Å². The third-order valence-electron chi connectivity index (χ3n) is 4.82. The van der Waals surface area contributed by atoms with Crippen LogP contribution in [0.3, 0.4) is 0 Å². The molecule has 1 fully saturated rings. The van der Waals surface area contributed by atoms with Crippen molar-refractivity contribution >= 4 is 11.8 Å². The molecule has 1 aliphatic rings. The van der Waals surface area contributed by atoms with Crippen LogP contribution in [0.1, 0.15) is 28.9 Å². The van der Waals surface area contributed by atoms with E-state index in [0.717, 1.165) is 21.7 Å². The molecule has 0 radical (unpaired) electrons. The second kappa shape index (κ2) is 8.71. The van der Waals surface area contributed by atoms with Gasteiger partial charge in [-0.2, -0.15) is 31.4 Å². The van der Waals surface area contributed by atoms with Gasteiger partial charge in [0.15, 0.2) is 11.4 Å². The minimum Gasteiger partial charge on any atom is -0.493 e. The number of likely N-dealkylation sites (tertiary alicyclic amines) is 1. The van der Waals surface area contributed by atoms with Crippen LogP contribution in [0.15, 0.2) is 30.5 Å².